The van der Waals surface area contributed by atoms with Crippen LogP contribution in [-0.4, -0.2) is 29.1 Å². The maximum atomic E-state index is 4.93. The number of aromatic nitrogens is 2. The molecule has 1 saturated carbocycles. The largest absolute Gasteiger partial charge is 0.356 e. The van der Waals surface area contributed by atoms with E-state index in [0.717, 1.165) is 30.4 Å². The molecule has 0 amide bonds. The van der Waals surface area contributed by atoms with E-state index in [-0.39, 0.29) is 0 Å². The number of nitrogens with zero attached hydrogens (tertiary/aromatic N) is 3. The number of fused-ring (bicyclic) bond motifs is 1. The molecule has 1 aromatic carbocycles. The summed E-state index contributed by atoms with van der Waals surface area (Å²) >= 11 is 0. The topological polar surface area (TPSA) is 41.1 Å². The van der Waals surface area contributed by atoms with Gasteiger partial charge in [-0.3, -0.25) is 0 Å². The molecule has 1 saturated heterocycles. The van der Waals surface area contributed by atoms with Crippen LogP contribution in [0.25, 0.3) is 10.9 Å². The fourth-order valence-electron chi connectivity index (χ4n) is 3.90. The minimum absolute atomic E-state index is 0.549. The van der Waals surface area contributed by atoms with Crippen LogP contribution in [0.3, 0.4) is 0 Å². The monoisotopic (exact) mass is 310 g/mol. The Labute approximate surface area is 138 Å². The number of hydrogen-bond acceptors (Lipinski definition) is 4. The van der Waals surface area contributed by atoms with Gasteiger partial charge in [0.05, 0.1) is 5.52 Å². The Morgan fingerprint density at radius 3 is 2.39 bits per heavy atom. The standard InChI is InChI=1S/C19H26N4/c1-2-8-14-23(13-7-1)18-16-11-5-6-12-17(16)21-19(22-18)20-15-9-3-4-10-15/h5-6,11-12,15H,1-4,7-10,13-14H2,(H,20,21,22). The molecule has 2 aliphatic rings. The summed E-state index contributed by atoms with van der Waals surface area (Å²) in [7, 11) is 0. The molecule has 0 bridgehead atoms. The molecule has 0 spiro atoms. The second-order valence-corrected chi connectivity index (χ2v) is 6.91. The van der Waals surface area contributed by atoms with Gasteiger partial charge in [0.25, 0.3) is 0 Å². The minimum Gasteiger partial charge on any atom is -0.356 e. The van der Waals surface area contributed by atoms with E-state index in [4.69, 9.17) is 9.97 Å². The molecule has 23 heavy (non-hydrogen) atoms. The normalized spacial score (nSPS) is 19.9. The average Bonchev–Trinajstić information content (AvgIpc) is 2.94. The van der Waals surface area contributed by atoms with Crippen LogP contribution in [0.2, 0.25) is 0 Å². The van der Waals surface area contributed by atoms with Gasteiger partial charge in [0, 0.05) is 24.5 Å². The number of hydrogen-bond donors (Lipinski definition) is 1. The Morgan fingerprint density at radius 1 is 0.870 bits per heavy atom. The van der Waals surface area contributed by atoms with Gasteiger partial charge in [0.2, 0.25) is 5.95 Å². The van der Waals surface area contributed by atoms with E-state index in [0.29, 0.717) is 6.04 Å². The second kappa shape index (κ2) is 6.73. The predicted molar refractivity (Wildman–Crippen MR) is 96.1 cm³/mol. The molecule has 1 aromatic heterocycles. The Bertz CT molecular complexity index is 655. The quantitative estimate of drug-likeness (QED) is 0.914. The van der Waals surface area contributed by atoms with Crippen molar-refractivity contribution in [3.63, 3.8) is 0 Å². The summed E-state index contributed by atoms with van der Waals surface area (Å²) in [6, 6.07) is 8.98. The molecule has 122 valence electrons. The van der Waals surface area contributed by atoms with Crippen LogP contribution in [0.15, 0.2) is 24.3 Å². The Balaban J connectivity index is 1.70. The highest BCUT2D eigenvalue weighted by Gasteiger charge is 2.19. The highest BCUT2D eigenvalue weighted by molar-refractivity contribution is 5.90. The summed E-state index contributed by atoms with van der Waals surface area (Å²) < 4.78 is 0. The van der Waals surface area contributed by atoms with Gasteiger partial charge >= 0.3 is 0 Å². The molecule has 1 aliphatic carbocycles. The molecule has 0 radical (unpaired) electrons. The van der Waals surface area contributed by atoms with Crippen LogP contribution in [0, 0.1) is 0 Å². The van der Waals surface area contributed by atoms with E-state index < -0.39 is 0 Å². The lowest BCUT2D eigenvalue weighted by atomic mass is 10.2. The van der Waals surface area contributed by atoms with E-state index in [1.807, 2.05) is 0 Å². The smallest absolute Gasteiger partial charge is 0.225 e. The number of rotatable bonds is 3. The van der Waals surface area contributed by atoms with Crippen LogP contribution in [-0.2, 0) is 0 Å². The first-order chi connectivity index (χ1) is 11.4. The zero-order valence-corrected chi connectivity index (χ0v) is 13.8. The minimum atomic E-state index is 0.549. The van der Waals surface area contributed by atoms with E-state index >= 15 is 0 Å². The lowest BCUT2D eigenvalue weighted by Crippen LogP contribution is -2.26. The summed E-state index contributed by atoms with van der Waals surface area (Å²) in [5.74, 6) is 1.94. The first-order valence-electron chi connectivity index (χ1n) is 9.18. The second-order valence-electron chi connectivity index (χ2n) is 6.91. The lowest BCUT2D eigenvalue weighted by molar-refractivity contribution is 0.726. The molecule has 2 heterocycles. The van der Waals surface area contributed by atoms with Crippen LogP contribution in [0.5, 0.6) is 0 Å². The average molecular weight is 310 g/mol. The van der Waals surface area contributed by atoms with Gasteiger partial charge in [-0.2, -0.15) is 4.98 Å². The van der Waals surface area contributed by atoms with Crippen LogP contribution >= 0.6 is 0 Å². The van der Waals surface area contributed by atoms with E-state index in [1.165, 1.54) is 56.8 Å². The highest BCUT2D eigenvalue weighted by Crippen LogP contribution is 2.28. The predicted octanol–water partition coefficient (Wildman–Crippen LogP) is 4.36. The third-order valence-corrected chi connectivity index (χ3v) is 5.18. The third-order valence-electron chi connectivity index (χ3n) is 5.18. The molecule has 4 rings (SSSR count). The molecular weight excluding hydrogens is 284 g/mol. The van der Waals surface area contributed by atoms with Crippen LogP contribution in [0.1, 0.15) is 51.4 Å². The van der Waals surface area contributed by atoms with E-state index in [1.54, 1.807) is 0 Å². The van der Waals surface area contributed by atoms with Crippen molar-refractivity contribution in [3.05, 3.63) is 24.3 Å². The summed E-state index contributed by atoms with van der Waals surface area (Å²) in [6.07, 6.45) is 10.4. The Kier molecular flexibility index (Phi) is 4.31. The lowest BCUT2D eigenvalue weighted by Gasteiger charge is -2.24. The summed E-state index contributed by atoms with van der Waals surface area (Å²) in [6.45, 7) is 2.23. The van der Waals surface area contributed by atoms with Gasteiger partial charge in [-0.05, 0) is 37.8 Å². The molecule has 2 aromatic rings. The first-order valence-corrected chi connectivity index (χ1v) is 9.18. The molecule has 4 heteroatoms. The molecule has 4 nitrogen and oxygen atoms in total. The van der Waals surface area contributed by atoms with Gasteiger partial charge in [0.1, 0.15) is 5.82 Å². The van der Waals surface area contributed by atoms with Gasteiger partial charge in [-0.25, -0.2) is 4.98 Å². The number of benzene rings is 1. The van der Waals surface area contributed by atoms with Crippen LogP contribution in [0.4, 0.5) is 11.8 Å². The van der Waals surface area contributed by atoms with Gasteiger partial charge < -0.3 is 10.2 Å². The van der Waals surface area contributed by atoms with Crippen molar-refractivity contribution in [1.82, 2.24) is 9.97 Å². The molecule has 0 unspecified atom stereocenters. The van der Waals surface area contributed by atoms with Crippen molar-refractivity contribution in [2.45, 2.75) is 57.4 Å². The van der Waals surface area contributed by atoms with Gasteiger partial charge in [-0.15, -0.1) is 0 Å². The number of para-hydroxylation sites is 1. The molecular formula is C19H26N4. The van der Waals surface area contributed by atoms with E-state index in [2.05, 4.69) is 34.5 Å². The molecule has 2 fully saturated rings. The molecule has 1 N–H and O–H groups in total. The van der Waals surface area contributed by atoms with Crippen molar-refractivity contribution in [1.29, 1.82) is 0 Å². The van der Waals surface area contributed by atoms with Crippen molar-refractivity contribution in [2.75, 3.05) is 23.3 Å². The summed E-state index contributed by atoms with van der Waals surface area (Å²) in [4.78, 5) is 12.2. The number of nitrogens with one attached hydrogen (secondary N) is 1. The zero-order chi connectivity index (χ0) is 15.5. The van der Waals surface area contributed by atoms with Crippen molar-refractivity contribution in [3.8, 4) is 0 Å². The SMILES string of the molecule is c1ccc2c(N3CCCCCC3)nc(NC3CCCC3)nc2c1. The van der Waals surface area contributed by atoms with Crippen LogP contribution < -0.4 is 10.2 Å². The van der Waals surface area contributed by atoms with Gasteiger partial charge in [0.15, 0.2) is 0 Å². The molecule has 0 atom stereocenters. The first kappa shape index (κ1) is 14.7. The van der Waals surface area contributed by atoms with Gasteiger partial charge in [-0.1, -0.05) is 37.8 Å². The fourth-order valence-corrected chi connectivity index (χ4v) is 3.90. The van der Waals surface area contributed by atoms with Crippen molar-refractivity contribution in [2.24, 2.45) is 0 Å². The van der Waals surface area contributed by atoms with Crippen molar-refractivity contribution >= 4 is 22.7 Å². The molecule has 1 aliphatic heterocycles. The fraction of sp³-hybridized carbons (Fsp3) is 0.579. The van der Waals surface area contributed by atoms with E-state index in [9.17, 15) is 0 Å². The Morgan fingerprint density at radius 2 is 1.61 bits per heavy atom. The maximum Gasteiger partial charge on any atom is 0.225 e. The Hall–Kier alpha value is -1.84. The number of anilines is 2. The zero-order valence-electron chi connectivity index (χ0n) is 13.8. The third kappa shape index (κ3) is 3.26. The van der Waals surface area contributed by atoms with Crippen molar-refractivity contribution < 1.29 is 0 Å². The summed E-state index contributed by atoms with van der Waals surface area (Å²) in [5, 5.41) is 4.77. The maximum absolute atomic E-state index is 4.93. The highest BCUT2D eigenvalue weighted by atomic mass is 15.2. The summed E-state index contributed by atoms with van der Waals surface area (Å²) in [5.41, 5.74) is 1.06.